The van der Waals surface area contributed by atoms with Gasteiger partial charge in [0, 0.05) is 5.56 Å². The summed E-state index contributed by atoms with van der Waals surface area (Å²) in [5, 5.41) is 9.91. The van der Waals surface area contributed by atoms with Gasteiger partial charge in [-0.15, -0.1) is 0 Å². The van der Waals surface area contributed by atoms with Crippen molar-refractivity contribution in [3.05, 3.63) is 29.1 Å². The van der Waals surface area contributed by atoms with Crippen LogP contribution in [0.1, 0.15) is 24.0 Å². The molecule has 0 spiro atoms. The van der Waals surface area contributed by atoms with Crippen molar-refractivity contribution in [1.82, 2.24) is 0 Å². The lowest BCUT2D eigenvalue weighted by Gasteiger charge is -2.14. The number of aryl methyl sites for hydroxylation is 1. The topological polar surface area (TPSA) is 29.5 Å². The Bertz CT molecular complexity index is 370. The summed E-state index contributed by atoms with van der Waals surface area (Å²) < 4.78 is 18.4. The van der Waals surface area contributed by atoms with Gasteiger partial charge >= 0.3 is 0 Å². The summed E-state index contributed by atoms with van der Waals surface area (Å²) in [5.41, 5.74) is 0.536. The fourth-order valence-electron chi connectivity index (χ4n) is 1.67. The molecule has 1 aliphatic carbocycles. The highest BCUT2D eigenvalue weighted by atomic mass is 19.1. The predicted octanol–water partition coefficient (Wildman–Crippen LogP) is 2.12. The molecule has 0 bridgehead atoms. The van der Waals surface area contributed by atoms with Gasteiger partial charge in [-0.1, -0.05) is 0 Å². The standard InChI is InChI=1S/C11H13FO2/c1-7-5-8(11(13)3-4-11)10(14-2)9(12)6-7/h5-6,13H,3-4H2,1-2H3. The van der Waals surface area contributed by atoms with Crippen LogP contribution >= 0.6 is 0 Å². The van der Waals surface area contributed by atoms with Gasteiger partial charge in [0.15, 0.2) is 11.6 Å². The molecule has 1 fully saturated rings. The monoisotopic (exact) mass is 196 g/mol. The summed E-state index contributed by atoms with van der Waals surface area (Å²) in [6.45, 7) is 1.80. The van der Waals surface area contributed by atoms with Crippen LogP contribution < -0.4 is 4.74 Å². The second kappa shape index (κ2) is 2.95. The second-order valence-corrected chi connectivity index (χ2v) is 3.86. The van der Waals surface area contributed by atoms with Crippen LogP contribution in [-0.2, 0) is 5.60 Å². The number of methoxy groups -OCH3 is 1. The van der Waals surface area contributed by atoms with Gasteiger partial charge in [0.25, 0.3) is 0 Å². The van der Waals surface area contributed by atoms with Gasteiger partial charge in [0.2, 0.25) is 0 Å². The Kier molecular flexibility index (Phi) is 2.00. The average molecular weight is 196 g/mol. The maximum absolute atomic E-state index is 13.4. The fraction of sp³-hybridized carbons (Fsp3) is 0.455. The van der Waals surface area contributed by atoms with E-state index in [1.807, 2.05) is 0 Å². The molecule has 14 heavy (non-hydrogen) atoms. The molecule has 1 saturated carbocycles. The highest BCUT2D eigenvalue weighted by Crippen LogP contribution is 2.49. The molecule has 1 aromatic carbocycles. The SMILES string of the molecule is COc1c(F)cc(C)cc1C1(O)CC1. The lowest BCUT2D eigenvalue weighted by atomic mass is 10.0. The van der Waals surface area contributed by atoms with E-state index in [4.69, 9.17) is 4.74 Å². The van der Waals surface area contributed by atoms with Crippen molar-refractivity contribution in [3.63, 3.8) is 0 Å². The summed E-state index contributed by atoms with van der Waals surface area (Å²) >= 11 is 0. The normalized spacial score (nSPS) is 18.0. The minimum Gasteiger partial charge on any atom is -0.493 e. The van der Waals surface area contributed by atoms with E-state index in [0.717, 1.165) is 5.56 Å². The van der Waals surface area contributed by atoms with Gasteiger partial charge < -0.3 is 9.84 Å². The number of hydrogen-bond donors (Lipinski definition) is 1. The molecule has 0 heterocycles. The molecule has 2 nitrogen and oxygen atoms in total. The quantitative estimate of drug-likeness (QED) is 0.785. The zero-order chi connectivity index (χ0) is 10.3. The van der Waals surface area contributed by atoms with Crippen molar-refractivity contribution >= 4 is 0 Å². The fourth-order valence-corrected chi connectivity index (χ4v) is 1.67. The molecule has 1 aliphatic rings. The van der Waals surface area contributed by atoms with Gasteiger partial charge in [0.05, 0.1) is 12.7 Å². The zero-order valence-electron chi connectivity index (χ0n) is 8.30. The van der Waals surface area contributed by atoms with Crippen molar-refractivity contribution in [1.29, 1.82) is 0 Å². The van der Waals surface area contributed by atoms with E-state index < -0.39 is 11.4 Å². The lowest BCUT2D eigenvalue weighted by molar-refractivity contribution is 0.146. The van der Waals surface area contributed by atoms with E-state index in [0.29, 0.717) is 18.4 Å². The predicted molar refractivity (Wildman–Crippen MR) is 50.8 cm³/mol. The molecule has 0 amide bonds. The van der Waals surface area contributed by atoms with Gasteiger partial charge in [-0.05, 0) is 37.5 Å². The number of rotatable bonds is 2. The molecule has 1 aromatic rings. The Hall–Kier alpha value is -1.09. The summed E-state index contributed by atoms with van der Waals surface area (Å²) in [7, 11) is 1.42. The molecule has 0 atom stereocenters. The van der Waals surface area contributed by atoms with E-state index in [9.17, 15) is 9.50 Å². The molecule has 0 aliphatic heterocycles. The maximum Gasteiger partial charge on any atom is 0.165 e. The molecule has 76 valence electrons. The van der Waals surface area contributed by atoms with Crippen LogP contribution in [0.2, 0.25) is 0 Å². The van der Waals surface area contributed by atoms with Crippen LogP contribution in [-0.4, -0.2) is 12.2 Å². The third kappa shape index (κ3) is 1.38. The first kappa shape index (κ1) is 9.46. The van der Waals surface area contributed by atoms with Crippen molar-refractivity contribution in [2.45, 2.75) is 25.4 Å². The van der Waals surface area contributed by atoms with Crippen molar-refractivity contribution < 1.29 is 14.2 Å². The summed E-state index contributed by atoms with van der Waals surface area (Å²) in [4.78, 5) is 0. The largest absolute Gasteiger partial charge is 0.493 e. The van der Waals surface area contributed by atoms with Gasteiger partial charge in [-0.25, -0.2) is 4.39 Å². The van der Waals surface area contributed by atoms with Crippen LogP contribution in [0.4, 0.5) is 4.39 Å². The Balaban J connectivity index is 2.56. The van der Waals surface area contributed by atoms with Crippen LogP contribution in [0, 0.1) is 12.7 Å². The number of aliphatic hydroxyl groups is 1. The summed E-state index contributed by atoms with van der Waals surface area (Å²) in [6, 6.07) is 3.20. The van der Waals surface area contributed by atoms with Gasteiger partial charge in [-0.2, -0.15) is 0 Å². The van der Waals surface area contributed by atoms with Crippen molar-refractivity contribution in [2.75, 3.05) is 7.11 Å². The van der Waals surface area contributed by atoms with Crippen LogP contribution in [0.3, 0.4) is 0 Å². The maximum atomic E-state index is 13.4. The number of halogens is 1. The number of hydrogen-bond acceptors (Lipinski definition) is 2. The van der Waals surface area contributed by atoms with Crippen LogP contribution in [0.25, 0.3) is 0 Å². The molecule has 0 unspecified atom stereocenters. The molecule has 0 saturated heterocycles. The Labute approximate surface area is 82.3 Å². The highest BCUT2D eigenvalue weighted by Gasteiger charge is 2.45. The third-order valence-electron chi connectivity index (χ3n) is 2.62. The molecule has 3 heteroatoms. The number of ether oxygens (including phenoxy) is 1. The van der Waals surface area contributed by atoms with E-state index in [2.05, 4.69) is 0 Å². The van der Waals surface area contributed by atoms with Crippen LogP contribution in [0.5, 0.6) is 5.75 Å². The molecule has 0 radical (unpaired) electrons. The Morgan fingerprint density at radius 3 is 2.57 bits per heavy atom. The summed E-state index contributed by atoms with van der Waals surface area (Å²) in [6.07, 6.45) is 1.37. The minimum absolute atomic E-state index is 0.176. The van der Waals surface area contributed by atoms with E-state index in [-0.39, 0.29) is 5.75 Å². The third-order valence-corrected chi connectivity index (χ3v) is 2.62. The Morgan fingerprint density at radius 2 is 2.07 bits per heavy atom. The van der Waals surface area contributed by atoms with E-state index in [1.54, 1.807) is 13.0 Å². The highest BCUT2D eigenvalue weighted by molar-refractivity contribution is 5.44. The molecule has 2 rings (SSSR count). The minimum atomic E-state index is -0.849. The molecular weight excluding hydrogens is 183 g/mol. The van der Waals surface area contributed by atoms with E-state index >= 15 is 0 Å². The lowest BCUT2D eigenvalue weighted by Crippen LogP contribution is -2.08. The zero-order valence-corrected chi connectivity index (χ0v) is 8.30. The smallest absolute Gasteiger partial charge is 0.165 e. The number of benzene rings is 1. The average Bonchev–Trinajstić information content (AvgIpc) is 2.84. The van der Waals surface area contributed by atoms with Crippen molar-refractivity contribution in [3.8, 4) is 5.75 Å². The molecule has 1 N–H and O–H groups in total. The Morgan fingerprint density at radius 1 is 1.43 bits per heavy atom. The second-order valence-electron chi connectivity index (χ2n) is 3.86. The molecular formula is C11H13FO2. The molecule has 0 aromatic heterocycles. The van der Waals surface area contributed by atoms with E-state index in [1.165, 1.54) is 13.2 Å². The van der Waals surface area contributed by atoms with Crippen LogP contribution in [0.15, 0.2) is 12.1 Å². The van der Waals surface area contributed by atoms with Crippen molar-refractivity contribution in [2.24, 2.45) is 0 Å². The summed E-state index contributed by atoms with van der Waals surface area (Å²) in [5.74, 6) is -0.224. The first-order valence-corrected chi connectivity index (χ1v) is 4.64. The first-order valence-electron chi connectivity index (χ1n) is 4.64. The first-order chi connectivity index (χ1) is 6.57. The van der Waals surface area contributed by atoms with Gasteiger partial charge in [-0.3, -0.25) is 0 Å². The van der Waals surface area contributed by atoms with Gasteiger partial charge in [0.1, 0.15) is 0 Å².